The lowest BCUT2D eigenvalue weighted by Crippen LogP contribution is -2.50. The number of hydrogen-bond acceptors (Lipinski definition) is 6. The molecule has 0 aliphatic heterocycles. The molecule has 160 valence electrons. The van der Waals surface area contributed by atoms with Crippen LogP contribution in [0.1, 0.15) is 30.6 Å². The molecule has 0 fully saturated rings. The maximum Gasteiger partial charge on any atom is 0.277 e. The Hall–Kier alpha value is -3.08. The minimum atomic E-state index is -0.867. The first-order chi connectivity index (χ1) is 13.3. The Morgan fingerprint density at radius 3 is 1.97 bits per heavy atom. The number of quaternary nitrogens is 1. The van der Waals surface area contributed by atoms with Gasteiger partial charge in [-0.3, -0.25) is 29.8 Å². The average Bonchev–Trinajstić information content (AvgIpc) is 2.58. The number of nitro benzene ring substituents is 2. The number of benzene rings is 1. The molecule has 0 radical (unpaired) electrons. The third kappa shape index (κ3) is 8.21. The Morgan fingerprint density at radius 2 is 1.55 bits per heavy atom. The van der Waals surface area contributed by atoms with Crippen LogP contribution < -0.4 is 10.6 Å². The van der Waals surface area contributed by atoms with Gasteiger partial charge < -0.3 is 15.1 Å². The van der Waals surface area contributed by atoms with E-state index in [0.717, 1.165) is 18.2 Å². The van der Waals surface area contributed by atoms with E-state index >= 15 is 0 Å². The molecule has 1 rings (SSSR count). The van der Waals surface area contributed by atoms with Crippen LogP contribution in [0, 0.1) is 26.1 Å². The molecule has 0 aliphatic rings. The van der Waals surface area contributed by atoms with Crippen molar-refractivity contribution >= 4 is 23.2 Å². The van der Waals surface area contributed by atoms with E-state index in [2.05, 4.69) is 10.6 Å². The number of nitro groups is 2. The number of carbonyl (C=O) groups excluding carboxylic acids is 2. The third-order valence-corrected chi connectivity index (χ3v) is 4.00. The average molecular weight is 410 g/mol. The van der Waals surface area contributed by atoms with Gasteiger partial charge in [-0.1, -0.05) is 13.8 Å². The van der Waals surface area contributed by atoms with Gasteiger partial charge in [-0.05, 0) is 12.3 Å². The van der Waals surface area contributed by atoms with E-state index in [1.807, 2.05) is 35.0 Å². The SMILES string of the molecule is CC(C)CC(NC(=O)c1cc([N+](=O)[O-])cc([N+](=O)[O-])c1)C(=O)NCC[N+](C)(C)C. The van der Waals surface area contributed by atoms with Crippen molar-refractivity contribution in [1.82, 2.24) is 10.6 Å². The second-order valence-corrected chi connectivity index (χ2v) is 8.21. The summed E-state index contributed by atoms with van der Waals surface area (Å²) in [6.45, 7) is 4.87. The number of non-ortho nitro benzene ring substituents is 2. The number of nitrogens with one attached hydrogen (secondary N) is 2. The zero-order chi connectivity index (χ0) is 22.4. The normalized spacial score (nSPS) is 12.3. The Bertz CT molecular complexity index is 755. The minimum Gasteiger partial charge on any atom is -0.349 e. The predicted molar refractivity (Wildman–Crippen MR) is 106 cm³/mol. The monoisotopic (exact) mass is 410 g/mol. The Kier molecular flexibility index (Phi) is 8.19. The van der Waals surface area contributed by atoms with Gasteiger partial charge >= 0.3 is 0 Å². The molecule has 0 aliphatic carbocycles. The summed E-state index contributed by atoms with van der Waals surface area (Å²) in [4.78, 5) is 45.5. The summed E-state index contributed by atoms with van der Waals surface area (Å²) in [6.07, 6.45) is 0.346. The van der Waals surface area contributed by atoms with Crippen molar-refractivity contribution in [3.05, 3.63) is 44.0 Å². The molecule has 0 bridgehead atoms. The van der Waals surface area contributed by atoms with Gasteiger partial charge in [0, 0.05) is 12.1 Å². The van der Waals surface area contributed by atoms with Gasteiger partial charge in [-0.25, -0.2) is 0 Å². The van der Waals surface area contributed by atoms with Crippen molar-refractivity contribution < 1.29 is 23.9 Å². The highest BCUT2D eigenvalue weighted by molar-refractivity contribution is 5.98. The van der Waals surface area contributed by atoms with E-state index in [-0.39, 0.29) is 17.4 Å². The van der Waals surface area contributed by atoms with Gasteiger partial charge in [0.25, 0.3) is 17.3 Å². The highest BCUT2D eigenvalue weighted by atomic mass is 16.6. The summed E-state index contributed by atoms with van der Waals surface area (Å²) in [6, 6.07) is 1.81. The molecular formula is C18H28N5O6+. The summed E-state index contributed by atoms with van der Waals surface area (Å²) in [5.74, 6) is -1.08. The fourth-order valence-corrected chi connectivity index (χ4v) is 2.52. The number of nitrogens with zero attached hydrogens (tertiary/aromatic N) is 3. The number of rotatable bonds is 10. The van der Waals surface area contributed by atoms with E-state index in [9.17, 15) is 29.8 Å². The molecule has 2 N–H and O–H groups in total. The Labute approximate surface area is 169 Å². The Balaban J connectivity index is 3.01. The summed E-state index contributed by atoms with van der Waals surface area (Å²) < 4.78 is 0.652. The molecule has 0 spiro atoms. The first-order valence-electron chi connectivity index (χ1n) is 9.13. The van der Waals surface area contributed by atoms with E-state index in [4.69, 9.17) is 0 Å². The second kappa shape index (κ2) is 9.92. The minimum absolute atomic E-state index is 0.0869. The molecule has 1 unspecified atom stereocenters. The van der Waals surface area contributed by atoms with Crippen LogP contribution in [0.5, 0.6) is 0 Å². The largest absolute Gasteiger partial charge is 0.349 e. The lowest BCUT2D eigenvalue weighted by atomic mass is 10.0. The van der Waals surface area contributed by atoms with Gasteiger partial charge in [0.2, 0.25) is 5.91 Å². The van der Waals surface area contributed by atoms with Gasteiger partial charge in [0.1, 0.15) is 6.04 Å². The molecule has 0 aromatic heterocycles. The summed E-state index contributed by atoms with van der Waals surface area (Å²) in [5, 5.41) is 27.3. The van der Waals surface area contributed by atoms with E-state index in [1.54, 1.807) is 0 Å². The molecule has 11 heteroatoms. The fraction of sp³-hybridized carbons (Fsp3) is 0.556. The summed E-state index contributed by atoms with van der Waals surface area (Å²) in [7, 11) is 5.94. The lowest BCUT2D eigenvalue weighted by molar-refractivity contribution is -0.869. The molecule has 1 aromatic carbocycles. The van der Waals surface area contributed by atoms with Crippen LogP contribution in [0.15, 0.2) is 18.2 Å². The zero-order valence-corrected chi connectivity index (χ0v) is 17.3. The first-order valence-corrected chi connectivity index (χ1v) is 9.13. The highest BCUT2D eigenvalue weighted by Crippen LogP contribution is 2.23. The fourth-order valence-electron chi connectivity index (χ4n) is 2.52. The quantitative estimate of drug-likeness (QED) is 0.339. The second-order valence-electron chi connectivity index (χ2n) is 8.21. The molecule has 0 saturated carbocycles. The zero-order valence-electron chi connectivity index (χ0n) is 17.3. The van der Waals surface area contributed by atoms with Crippen molar-refractivity contribution in [1.29, 1.82) is 0 Å². The van der Waals surface area contributed by atoms with Crippen LogP contribution in [0.2, 0.25) is 0 Å². The van der Waals surface area contributed by atoms with Gasteiger partial charge in [-0.15, -0.1) is 0 Å². The predicted octanol–water partition coefficient (Wildman–Crippen LogP) is 1.47. The number of carbonyl (C=O) groups is 2. The maximum atomic E-state index is 12.6. The molecular weight excluding hydrogens is 382 g/mol. The van der Waals surface area contributed by atoms with Crippen LogP contribution in [-0.2, 0) is 4.79 Å². The number of hydrogen-bond donors (Lipinski definition) is 2. The molecule has 11 nitrogen and oxygen atoms in total. The highest BCUT2D eigenvalue weighted by Gasteiger charge is 2.25. The number of likely N-dealkylation sites (N-methyl/N-ethyl adjacent to an activating group) is 1. The van der Waals surface area contributed by atoms with Gasteiger partial charge in [0.05, 0.1) is 55.7 Å². The van der Waals surface area contributed by atoms with Crippen LogP contribution in [-0.4, -0.2) is 66.4 Å². The molecule has 0 saturated heterocycles. The van der Waals surface area contributed by atoms with Gasteiger partial charge in [0.15, 0.2) is 0 Å². The molecule has 29 heavy (non-hydrogen) atoms. The van der Waals surface area contributed by atoms with Crippen LogP contribution in [0.3, 0.4) is 0 Å². The van der Waals surface area contributed by atoms with Gasteiger partial charge in [-0.2, -0.15) is 0 Å². The third-order valence-electron chi connectivity index (χ3n) is 4.00. The van der Waals surface area contributed by atoms with E-state index in [1.165, 1.54) is 0 Å². The van der Waals surface area contributed by atoms with E-state index in [0.29, 0.717) is 24.0 Å². The molecule has 2 amide bonds. The Morgan fingerprint density at radius 1 is 1.03 bits per heavy atom. The van der Waals surface area contributed by atoms with Crippen molar-refractivity contribution in [2.24, 2.45) is 5.92 Å². The van der Waals surface area contributed by atoms with Crippen molar-refractivity contribution in [3.8, 4) is 0 Å². The molecule has 1 atom stereocenters. The van der Waals surface area contributed by atoms with E-state index < -0.39 is 33.2 Å². The van der Waals surface area contributed by atoms with Crippen LogP contribution in [0.25, 0.3) is 0 Å². The molecule has 1 aromatic rings. The smallest absolute Gasteiger partial charge is 0.277 e. The first kappa shape index (κ1) is 24.0. The topological polar surface area (TPSA) is 144 Å². The van der Waals surface area contributed by atoms with Crippen LogP contribution in [0.4, 0.5) is 11.4 Å². The van der Waals surface area contributed by atoms with Crippen molar-refractivity contribution in [3.63, 3.8) is 0 Å². The summed E-state index contributed by atoms with van der Waals surface area (Å²) >= 11 is 0. The van der Waals surface area contributed by atoms with Crippen molar-refractivity contribution in [2.75, 3.05) is 34.2 Å². The van der Waals surface area contributed by atoms with Crippen molar-refractivity contribution in [2.45, 2.75) is 26.3 Å². The molecule has 0 heterocycles. The number of amides is 2. The lowest BCUT2D eigenvalue weighted by Gasteiger charge is -2.25. The summed E-state index contributed by atoms with van der Waals surface area (Å²) in [5.41, 5.74) is -1.40. The maximum absolute atomic E-state index is 12.6. The standard InChI is InChI=1S/C18H27N5O6/c1-12(2)8-16(18(25)19-6-7-23(3,4)5)20-17(24)13-9-14(21(26)27)11-15(10-13)22(28)29/h9-12,16H,6-8H2,1-5H3,(H-,19,20,24,25)/p+1. The van der Waals surface area contributed by atoms with Crippen LogP contribution >= 0.6 is 0 Å².